The smallest absolute Gasteiger partial charge is 0.310 e. The van der Waals surface area contributed by atoms with Gasteiger partial charge in [-0.15, -0.1) is 0 Å². The Balaban J connectivity index is 1.99. The average molecular weight is 297 g/mol. The van der Waals surface area contributed by atoms with E-state index in [1.807, 2.05) is 0 Å². The lowest BCUT2D eigenvalue weighted by atomic mass is 9.97. The molecule has 4 nitrogen and oxygen atoms in total. The average Bonchev–Trinajstić information content (AvgIpc) is 2.50. The molecule has 1 fully saturated rings. The number of nitrogens with zero attached hydrogens (tertiary/aromatic N) is 1. The van der Waals surface area contributed by atoms with Crippen LogP contribution in [0.3, 0.4) is 0 Å². The van der Waals surface area contributed by atoms with Crippen molar-refractivity contribution in [3.63, 3.8) is 0 Å². The van der Waals surface area contributed by atoms with E-state index in [4.69, 9.17) is 4.74 Å². The summed E-state index contributed by atoms with van der Waals surface area (Å²) in [6.45, 7) is 0.880. The maximum Gasteiger partial charge on any atom is 0.310 e. The number of carbonyl (C=O) groups is 2. The van der Waals surface area contributed by atoms with Crippen molar-refractivity contribution < 1.29 is 23.1 Å². The van der Waals surface area contributed by atoms with Crippen LogP contribution in [0.25, 0.3) is 0 Å². The van der Waals surface area contributed by atoms with Crippen LogP contribution in [0.5, 0.6) is 0 Å². The number of piperidine rings is 1. The molecule has 0 saturated carbocycles. The fraction of sp³-hybridized carbons (Fsp3) is 0.467. The number of halogens is 2. The third-order valence-electron chi connectivity index (χ3n) is 3.65. The molecule has 114 valence electrons. The highest BCUT2D eigenvalue weighted by molar-refractivity contribution is 5.80. The number of methoxy groups -OCH3 is 1. The molecule has 0 radical (unpaired) electrons. The monoisotopic (exact) mass is 297 g/mol. The second-order valence-electron chi connectivity index (χ2n) is 5.13. The number of likely N-dealkylation sites (tertiary alicyclic amines) is 1. The van der Waals surface area contributed by atoms with Crippen molar-refractivity contribution in [1.29, 1.82) is 0 Å². The van der Waals surface area contributed by atoms with Crippen LogP contribution < -0.4 is 0 Å². The van der Waals surface area contributed by atoms with Gasteiger partial charge in [0.1, 0.15) is 0 Å². The lowest BCUT2D eigenvalue weighted by molar-refractivity contribution is -0.148. The van der Waals surface area contributed by atoms with Crippen molar-refractivity contribution in [2.45, 2.75) is 19.3 Å². The highest BCUT2D eigenvalue weighted by Crippen LogP contribution is 2.19. The van der Waals surface area contributed by atoms with E-state index in [2.05, 4.69) is 0 Å². The lowest BCUT2D eigenvalue weighted by Crippen LogP contribution is -2.43. The van der Waals surface area contributed by atoms with Gasteiger partial charge < -0.3 is 9.64 Å². The summed E-state index contributed by atoms with van der Waals surface area (Å²) in [5, 5.41) is 0. The van der Waals surface area contributed by atoms with E-state index in [9.17, 15) is 18.4 Å². The summed E-state index contributed by atoms with van der Waals surface area (Å²) in [7, 11) is 1.32. The Kier molecular flexibility index (Phi) is 4.88. The van der Waals surface area contributed by atoms with Gasteiger partial charge in [-0.2, -0.15) is 0 Å². The molecule has 0 aromatic heterocycles. The van der Waals surface area contributed by atoms with Crippen molar-refractivity contribution in [3.8, 4) is 0 Å². The van der Waals surface area contributed by atoms with Crippen LogP contribution in [0.2, 0.25) is 0 Å². The maximum absolute atomic E-state index is 13.1. The van der Waals surface area contributed by atoms with Gasteiger partial charge in [0.15, 0.2) is 11.6 Å². The van der Waals surface area contributed by atoms with E-state index in [0.717, 1.165) is 18.6 Å². The molecule has 1 atom stereocenters. The van der Waals surface area contributed by atoms with Crippen LogP contribution in [-0.2, 0) is 20.7 Å². The minimum absolute atomic E-state index is 0.00884. The molecular formula is C15H17F2NO3. The molecule has 0 spiro atoms. The first-order valence-electron chi connectivity index (χ1n) is 6.80. The number of carbonyl (C=O) groups excluding carboxylic acids is 2. The molecule has 1 amide bonds. The fourth-order valence-corrected chi connectivity index (χ4v) is 2.50. The van der Waals surface area contributed by atoms with Crippen molar-refractivity contribution >= 4 is 11.9 Å². The van der Waals surface area contributed by atoms with Crippen molar-refractivity contribution in [1.82, 2.24) is 4.90 Å². The standard InChI is InChI=1S/C15H17F2NO3/c1-21-15(20)11-3-2-6-18(9-11)14(19)8-10-4-5-12(16)13(17)7-10/h4-5,7,11H,2-3,6,8-9H2,1H3/t11-/m0/s1. The fourth-order valence-electron chi connectivity index (χ4n) is 2.50. The third-order valence-corrected chi connectivity index (χ3v) is 3.65. The van der Waals surface area contributed by atoms with Gasteiger partial charge in [-0.05, 0) is 30.5 Å². The Morgan fingerprint density at radius 2 is 2.10 bits per heavy atom. The predicted octanol–water partition coefficient (Wildman–Crippen LogP) is 1.92. The van der Waals surface area contributed by atoms with Crippen LogP contribution in [0.4, 0.5) is 8.78 Å². The molecule has 21 heavy (non-hydrogen) atoms. The van der Waals surface area contributed by atoms with E-state index < -0.39 is 11.6 Å². The molecule has 1 aliphatic rings. The molecule has 0 unspecified atom stereocenters. The van der Waals surface area contributed by atoms with Crippen LogP contribution in [0, 0.1) is 17.6 Å². The van der Waals surface area contributed by atoms with Gasteiger partial charge in [-0.1, -0.05) is 6.07 Å². The first-order valence-corrected chi connectivity index (χ1v) is 6.80. The summed E-state index contributed by atoms with van der Waals surface area (Å²) in [5.41, 5.74) is 0.416. The Hall–Kier alpha value is -1.98. The highest BCUT2D eigenvalue weighted by atomic mass is 19.2. The number of amides is 1. The number of hydrogen-bond donors (Lipinski definition) is 0. The summed E-state index contributed by atoms with van der Waals surface area (Å²) in [4.78, 5) is 25.3. The second-order valence-corrected chi connectivity index (χ2v) is 5.13. The maximum atomic E-state index is 13.1. The molecule has 6 heteroatoms. The molecule has 1 aliphatic heterocycles. The second kappa shape index (κ2) is 6.65. The van der Waals surface area contributed by atoms with E-state index in [1.54, 1.807) is 4.90 Å². The molecule has 1 aromatic rings. The Morgan fingerprint density at radius 3 is 2.76 bits per heavy atom. The number of hydrogen-bond acceptors (Lipinski definition) is 3. The summed E-state index contributed by atoms with van der Waals surface area (Å²) >= 11 is 0. The van der Waals surface area contributed by atoms with Crippen LogP contribution in [-0.4, -0.2) is 37.0 Å². The zero-order valence-electron chi connectivity index (χ0n) is 11.8. The van der Waals surface area contributed by atoms with Gasteiger partial charge in [0.25, 0.3) is 0 Å². The van der Waals surface area contributed by atoms with E-state index in [-0.39, 0.29) is 24.2 Å². The van der Waals surface area contributed by atoms with Crippen molar-refractivity contribution in [2.75, 3.05) is 20.2 Å². The van der Waals surface area contributed by atoms with E-state index in [0.29, 0.717) is 25.1 Å². The minimum Gasteiger partial charge on any atom is -0.469 e. The molecule has 0 N–H and O–H groups in total. The molecule has 1 heterocycles. The highest BCUT2D eigenvalue weighted by Gasteiger charge is 2.28. The van der Waals surface area contributed by atoms with Gasteiger partial charge in [-0.3, -0.25) is 9.59 Å². The van der Waals surface area contributed by atoms with Crippen LogP contribution in [0.1, 0.15) is 18.4 Å². The van der Waals surface area contributed by atoms with Gasteiger partial charge in [0.2, 0.25) is 5.91 Å². The quantitative estimate of drug-likeness (QED) is 0.801. The third kappa shape index (κ3) is 3.77. The van der Waals surface area contributed by atoms with Gasteiger partial charge in [0.05, 0.1) is 19.4 Å². The number of esters is 1. The predicted molar refractivity (Wildman–Crippen MR) is 71.4 cm³/mol. The van der Waals surface area contributed by atoms with Gasteiger partial charge in [-0.25, -0.2) is 8.78 Å². The lowest BCUT2D eigenvalue weighted by Gasteiger charge is -2.31. The van der Waals surface area contributed by atoms with Crippen LogP contribution >= 0.6 is 0 Å². The normalized spacial score (nSPS) is 18.4. The number of ether oxygens (including phenoxy) is 1. The van der Waals surface area contributed by atoms with Crippen LogP contribution in [0.15, 0.2) is 18.2 Å². The zero-order chi connectivity index (χ0) is 15.4. The first-order chi connectivity index (χ1) is 10.0. The van der Waals surface area contributed by atoms with Gasteiger partial charge in [0, 0.05) is 13.1 Å². The zero-order valence-corrected chi connectivity index (χ0v) is 11.8. The van der Waals surface area contributed by atoms with E-state index >= 15 is 0 Å². The van der Waals surface area contributed by atoms with E-state index in [1.165, 1.54) is 13.2 Å². The molecule has 1 aromatic carbocycles. The molecule has 1 saturated heterocycles. The summed E-state index contributed by atoms with van der Waals surface area (Å²) in [6.07, 6.45) is 1.41. The summed E-state index contributed by atoms with van der Waals surface area (Å²) in [5.74, 6) is -2.73. The number of benzene rings is 1. The Labute approximate surface area is 121 Å². The van der Waals surface area contributed by atoms with Crippen molar-refractivity contribution in [3.05, 3.63) is 35.4 Å². The minimum atomic E-state index is -0.966. The Morgan fingerprint density at radius 1 is 1.33 bits per heavy atom. The molecular weight excluding hydrogens is 280 g/mol. The van der Waals surface area contributed by atoms with Crippen molar-refractivity contribution in [2.24, 2.45) is 5.92 Å². The molecule has 2 rings (SSSR count). The molecule has 0 aliphatic carbocycles. The largest absolute Gasteiger partial charge is 0.469 e. The number of rotatable bonds is 3. The molecule has 0 bridgehead atoms. The first kappa shape index (κ1) is 15.4. The van der Waals surface area contributed by atoms with Gasteiger partial charge >= 0.3 is 5.97 Å². The SMILES string of the molecule is COC(=O)[C@H]1CCCN(C(=O)Cc2ccc(F)c(F)c2)C1. The topological polar surface area (TPSA) is 46.6 Å². The summed E-state index contributed by atoms with van der Waals surface area (Å²) < 4.78 is 30.7. The Bertz CT molecular complexity index is 548. The summed E-state index contributed by atoms with van der Waals surface area (Å²) in [6, 6.07) is 3.42.